The molecule has 5 nitrogen and oxygen atoms in total. The molecule has 1 amide bonds. The number of hydrogen-bond donors (Lipinski definition) is 2. The highest BCUT2D eigenvalue weighted by Gasteiger charge is 2.34. The van der Waals surface area contributed by atoms with Gasteiger partial charge in [-0.25, -0.2) is 0 Å². The maximum atomic E-state index is 12.6. The molecule has 2 aromatic rings. The largest absolute Gasteiger partial charge is 0.397 e. The van der Waals surface area contributed by atoms with E-state index in [0.29, 0.717) is 16.3 Å². The molecule has 3 N–H and O–H groups in total. The van der Waals surface area contributed by atoms with Gasteiger partial charge in [0.25, 0.3) is 5.91 Å². The third-order valence-electron chi connectivity index (χ3n) is 3.76. The number of amidine groups is 1. The Morgan fingerprint density at radius 3 is 2.36 bits per heavy atom. The lowest BCUT2D eigenvalue weighted by Gasteiger charge is -2.29. The average molecular weight is 349 g/mol. The predicted octanol–water partition coefficient (Wildman–Crippen LogP) is 3.48. The van der Waals surface area contributed by atoms with E-state index in [9.17, 15) is 10.1 Å². The third kappa shape index (κ3) is 3.03. The summed E-state index contributed by atoms with van der Waals surface area (Å²) in [7, 11) is 0. The molecule has 0 atom stereocenters. The molecule has 25 heavy (non-hydrogen) atoms. The van der Waals surface area contributed by atoms with Crippen LogP contribution in [-0.2, 0) is 4.79 Å². The number of nitriles is 1. The summed E-state index contributed by atoms with van der Waals surface area (Å²) >= 11 is 5.89. The Hall–Kier alpha value is -3.36. The molecule has 0 aliphatic carbocycles. The molecule has 0 fully saturated rings. The molecule has 0 bridgehead atoms. The highest BCUT2D eigenvalue weighted by Crippen LogP contribution is 2.28. The lowest BCUT2D eigenvalue weighted by molar-refractivity contribution is -0.114. The van der Waals surface area contributed by atoms with E-state index in [-0.39, 0.29) is 17.1 Å². The Kier molecular flexibility index (Phi) is 4.38. The Morgan fingerprint density at radius 1 is 1.12 bits per heavy atom. The Balaban J connectivity index is 2.16. The second kappa shape index (κ2) is 6.63. The molecule has 0 aromatic heterocycles. The van der Waals surface area contributed by atoms with Gasteiger partial charge < -0.3 is 5.73 Å². The zero-order valence-electron chi connectivity index (χ0n) is 13.0. The van der Waals surface area contributed by atoms with Crippen LogP contribution in [0.5, 0.6) is 0 Å². The molecule has 0 unspecified atom stereocenters. The first-order valence-electron chi connectivity index (χ1n) is 7.39. The molecule has 2 aromatic carbocycles. The minimum Gasteiger partial charge on any atom is -0.397 e. The predicted molar refractivity (Wildman–Crippen MR) is 97.9 cm³/mol. The number of anilines is 1. The second-order valence-corrected chi connectivity index (χ2v) is 5.77. The number of para-hydroxylation sites is 1. The van der Waals surface area contributed by atoms with Crippen LogP contribution < -0.4 is 10.6 Å². The Morgan fingerprint density at radius 2 is 1.76 bits per heavy atom. The van der Waals surface area contributed by atoms with Crippen LogP contribution in [0.15, 0.2) is 71.4 Å². The van der Waals surface area contributed by atoms with Crippen molar-refractivity contribution >= 4 is 35.1 Å². The molecular weight excluding hydrogens is 336 g/mol. The van der Waals surface area contributed by atoms with Crippen molar-refractivity contribution in [2.24, 2.45) is 5.73 Å². The number of nitrogens with zero attached hydrogens (tertiary/aromatic N) is 2. The van der Waals surface area contributed by atoms with E-state index in [1.165, 1.54) is 4.90 Å². The summed E-state index contributed by atoms with van der Waals surface area (Å²) in [5.74, 6) is -0.688. The van der Waals surface area contributed by atoms with Crippen molar-refractivity contribution in [3.63, 3.8) is 0 Å². The van der Waals surface area contributed by atoms with Crippen LogP contribution in [0.2, 0.25) is 5.02 Å². The van der Waals surface area contributed by atoms with E-state index in [2.05, 4.69) is 0 Å². The highest BCUT2D eigenvalue weighted by atomic mass is 35.5. The molecule has 122 valence electrons. The summed E-state index contributed by atoms with van der Waals surface area (Å²) in [5, 5.41) is 18.4. The number of nitrogens with one attached hydrogen (secondary N) is 1. The lowest BCUT2D eigenvalue weighted by atomic mass is 9.97. The molecule has 0 saturated heterocycles. The fraction of sp³-hybridized carbons (Fsp3) is 0. The summed E-state index contributed by atoms with van der Waals surface area (Å²) in [6, 6.07) is 17.5. The normalized spacial score (nSPS) is 16.3. The average Bonchev–Trinajstić information content (AvgIpc) is 2.62. The Bertz CT molecular complexity index is 953. The van der Waals surface area contributed by atoms with E-state index < -0.39 is 5.91 Å². The van der Waals surface area contributed by atoms with Gasteiger partial charge in [0.2, 0.25) is 0 Å². The van der Waals surface area contributed by atoms with Crippen molar-refractivity contribution in [3.05, 3.63) is 82.0 Å². The van der Waals surface area contributed by atoms with E-state index in [0.717, 1.165) is 5.56 Å². The van der Waals surface area contributed by atoms with Crippen LogP contribution >= 0.6 is 11.6 Å². The highest BCUT2D eigenvalue weighted by molar-refractivity contribution is 6.33. The minimum absolute atomic E-state index is 0.000342. The smallest absolute Gasteiger partial charge is 0.276 e. The number of carbonyl (C=O) groups excluding carboxylic acids is 1. The van der Waals surface area contributed by atoms with E-state index in [4.69, 9.17) is 22.7 Å². The number of amides is 1. The van der Waals surface area contributed by atoms with Crippen molar-refractivity contribution in [2.45, 2.75) is 0 Å². The van der Waals surface area contributed by atoms with Crippen molar-refractivity contribution in [1.29, 1.82) is 10.7 Å². The van der Waals surface area contributed by atoms with Gasteiger partial charge in [0.05, 0.1) is 11.4 Å². The minimum atomic E-state index is -0.607. The van der Waals surface area contributed by atoms with Gasteiger partial charge >= 0.3 is 0 Å². The number of hydrogen-bond acceptors (Lipinski definition) is 4. The first-order valence-corrected chi connectivity index (χ1v) is 7.76. The third-order valence-corrected chi connectivity index (χ3v) is 4.01. The number of halogens is 1. The van der Waals surface area contributed by atoms with Gasteiger partial charge in [0, 0.05) is 10.6 Å². The lowest BCUT2D eigenvalue weighted by Crippen LogP contribution is -2.44. The summed E-state index contributed by atoms with van der Waals surface area (Å²) in [6.07, 6.45) is 1.66. The monoisotopic (exact) mass is 348 g/mol. The van der Waals surface area contributed by atoms with Gasteiger partial charge in [-0.1, -0.05) is 41.9 Å². The standard InChI is InChI=1S/C19H13ClN4O/c20-13-8-6-12(7-9-13)10-15-17(22)16(11-21)19(25)24(18(15)23)14-4-2-1-3-5-14/h1-10,23H,22H2/b15-10+,23-18?. The molecule has 0 radical (unpaired) electrons. The fourth-order valence-electron chi connectivity index (χ4n) is 2.51. The van der Waals surface area contributed by atoms with Gasteiger partial charge in [0.1, 0.15) is 17.5 Å². The maximum absolute atomic E-state index is 12.6. The number of rotatable bonds is 2. The van der Waals surface area contributed by atoms with Gasteiger partial charge in [-0.2, -0.15) is 5.26 Å². The first-order chi connectivity index (χ1) is 12.0. The van der Waals surface area contributed by atoms with Crippen molar-refractivity contribution < 1.29 is 4.79 Å². The van der Waals surface area contributed by atoms with Gasteiger partial charge in [-0.15, -0.1) is 0 Å². The van der Waals surface area contributed by atoms with Crippen molar-refractivity contribution in [3.8, 4) is 6.07 Å². The molecule has 3 rings (SSSR count). The van der Waals surface area contributed by atoms with Gasteiger partial charge in [-0.3, -0.25) is 15.1 Å². The number of nitrogens with two attached hydrogens (primary N) is 1. The maximum Gasteiger partial charge on any atom is 0.276 e. The molecule has 1 aliphatic heterocycles. The van der Waals surface area contributed by atoms with Crippen LogP contribution in [0.3, 0.4) is 0 Å². The molecule has 1 aliphatic rings. The van der Waals surface area contributed by atoms with Crippen LogP contribution in [0.1, 0.15) is 5.56 Å². The number of carbonyl (C=O) groups is 1. The second-order valence-electron chi connectivity index (χ2n) is 5.33. The molecule has 0 saturated carbocycles. The SMILES string of the molecule is N#CC1=C(N)/C(=C\c2ccc(Cl)cc2)C(=N)N(c2ccccc2)C1=O. The summed E-state index contributed by atoms with van der Waals surface area (Å²) in [6.45, 7) is 0. The zero-order chi connectivity index (χ0) is 18.0. The van der Waals surface area contributed by atoms with E-state index in [1.807, 2.05) is 6.07 Å². The molecule has 6 heteroatoms. The van der Waals surface area contributed by atoms with E-state index in [1.54, 1.807) is 60.7 Å². The molecule has 0 spiro atoms. The van der Waals surface area contributed by atoms with Crippen LogP contribution in [0.4, 0.5) is 5.69 Å². The van der Waals surface area contributed by atoms with Crippen molar-refractivity contribution in [1.82, 2.24) is 0 Å². The molecular formula is C19H13ClN4O. The van der Waals surface area contributed by atoms with Crippen molar-refractivity contribution in [2.75, 3.05) is 4.90 Å². The quantitative estimate of drug-likeness (QED) is 0.869. The van der Waals surface area contributed by atoms with E-state index >= 15 is 0 Å². The van der Waals surface area contributed by atoms with Gasteiger partial charge in [0.15, 0.2) is 0 Å². The number of benzene rings is 2. The summed E-state index contributed by atoms with van der Waals surface area (Å²) < 4.78 is 0. The summed E-state index contributed by atoms with van der Waals surface area (Å²) in [4.78, 5) is 13.8. The zero-order valence-corrected chi connectivity index (χ0v) is 13.8. The van der Waals surface area contributed by atoms with Gasteiger partial charge in [-0.05, 0) is 35.9 Å². The fourth-order valence-corrected chi connectivity index (χ4v) is 2.64. The Labute approximate surface area is 149 Å². The first kappa shape index (κ1) is 16.5. The van der Waals surface area contributed by atoms with Crippen LogP contribution in [-0.4, -0.2) is 11.7 Å². The summed E-state index contributed by atoms with van der Waals surface area (Å²) in [5.41, 5.74) is 7.39. The van der Waals surface area contributed by atoms with Crippen LogP contribution in [0, 0.1) is 16.7 Å². The van der Waals surface area contributed by atoms with Crippen LogP contribution in [0.25, 0.3) is 6.08 Å². The molecule has 1 heterocycles. The topological polar surface area (TPSA) is 94.0 Å².